The van der Waals surface area contributed by atoms with Gasteiger partial charge < -0.3 is 8.83 Å². The quantitative estimate of drug-likeness (QED) is 0.148. The van der Waals surface area contributed by atoms with Crippen LogP contribution in [0.3, 0.4) is 0 Å². The summed E-state index contributed by atoms with van der Waals surface area (Å²) in [4.78, 5) is 31.0. The summed E-state index contributed by atoms with van der Waals surface area (Å²) in [5.74, 6) is 5.17. The third-order valence-corrected chi connectivity index (χ3v) is 14.5. The van der Waals surface area contributed by atoms with Gasteiger partial charge in [-0.15, -0.1) is 0 Å². The van der Waals surface area contributed by atoms with E-state index in [0.29, 0.717) is 34.9 Å². The van der Waals surface area contributed by atoms with Crippen LogP contribution < -0.4 is 0 Å². The molecule has 16 rings (SSSR count). The number of hydrogen-bond donors (Lipinski definition) is 0. The Bertz CT molecular complexity index is 4010. The number of nitrogens with zero attached hydrogens (tertiary/aromatic N) is 6. The molecular weight excluding hydrogens is 909 g/mol. The summed E-state index contributed by atoms with van der Waals surface area (Å²) in [5, 5.41) is 2.11. The molecule has 0 radical (unpaired) electrons. The average Bonchev–Trinajstić information content (AvgIpc) is 4.13. The first-order chi connectivity index (χ1) is 36.6. The summed E-state index contributed by atoms with van der Waals surface area (Å²) in [5.41, 5.74) is 16.7. The van der Waals surface area contributed by atoms with Crippen LogP contribution in [0.5, 0.6) is 0 Å². The van der Waals surface area contributed by atoms with Gasteiger partial charge in [-0.25, -0.2) is 29.9 Å². The SMILES string of the molecule is c1ccc(-c2nc(-c3cccc(-c4cc5ccccc5o4)c3)nc(-c3ccc4c(c3)C3c5ccccc5C4c4cc(-c5nc(-c6ccccc6)nc(-c6cccc(-c7cc8ccccc8o7)c6)n5)ccc43)n2)cc1. The van der Waals surface area contributed by atoms with Gasteiger partial charge in [0, 0.05) is 67.1 Å². The van der Waals surface area contributed by atoms with Crippen LogP contribution in [-0.4, -0.2) is 29.9 Å². The predicted molar refractivity (Wildman–Crippen MR) is 291 cm³/mol. The summed E-state index contributed by atoms with van der Waals surface area (Å²) in [7, 11) is 0. The van der Waals surface area contributed by atoms with E-state index in [2.05, 4.69) is 121 Å². The number of para-hydroxylation sites is 2. The maximum atomic E-state index is 6.29. The molecule has 8 heteroatoms. The van der Waals surface area contributed by atoms with E-state index in [-0.39, 0.29) is 11.8 Å². The normalized spacial score (nSPS) is 14.2. The number of furan rings is 2. The summed E-state index contributed by atoms with van der Waals surface area (Å²) in [6, 6.07) is 79.5. The lowest BCUT2D eigenvalue weighted by Crippen LogP contribution is -2.27. The lowest BCUT2D eigenvalue weighted by Gasteiger charge is -2.42. The van der Waals surface area contributed by atoms with E-state index in [4.69, 9.17) is 38.7 Å². The molecule has 4 aromatic heterocycles. The van der Waals surface area contributed by atoms with Gasteiger partial charge in [0.1, 0.15) is 22.7 Å². The van der Waals surface area contributed by atoms with E-state index in [1.807, 2.05) is 109 Å². The molecule has 8 nitrogen and oxygen atoms in total. The second-order valence-corrected chi connectivity index (χ2v) is 19.0. The van der Waals surface area contributed by atoms with Gasteiger partial charge in [-0.05, 0) is 81.9 Å². The average molecular weight is 949 g/mol. The molecule has 0 fully saturated rings. The molecule has 0 spiro atoms. The molecular formula is C66H40N6O2. The maximum Gasteiger partial charge on any atom is 0.164 e. The van der Waals surface area contributed by atoms with E-state index in [0.717, 1.165) is 78.0 Å². The van der Waals surface area contributed by atoms with Crippen molar-refractivity contribution in [3.05, 3.63) is 264 Å². The van der Waals surface area contributed by atoms with E-state index < -0.39 is 0 Å². The highest BCUT2D eigenvalue weighted by molar-refractivity contribution is 5.85. The van der Waals surface area contributed by atoms with Gasteiger partial charge in [0.05, 0.1) is 0 Å². The first kappa shape index (κ1) is 41.8. The Morgan fingerprint density at radius 2 is 0.554 bits per heavy atom. The zero-order chi connectivity index (χ0) is 48.7. The van der Waals surface area contributed by atoms with Gasteiger partial charge in [0.25, 0.3) is 0 Å². The molecule has 3 aliphatic rings. The van der Waals surface area contributed by atoms with E-state index in [1.54, 1.807) is 0 Å². The summed E-state index contributed by atoms with van der Waals surface area (Å²) < 4.78 is 12.6. The second-order valence-electron chi connectivity index (χ2n) is 19.0. The van der Waals surface area contributed by atoms with Gasteiger partial charge in [0.15, 0.2) is 34.9 Å². The molecule has 4 heterocycles. The monoisotopic (exact) mass is 948 g/mol. The largest absolute Gasteiger partial charge is 0.456 e. The van der Waals surface area contributed by atoms with Crippen molar-refractivity contribution in [2.24, 2.45) is 0 Å². The molecule has 0 saturated carbocycles. The minimum absolute atomic E-state index is 0.0135. The number of aromatic nitrogens is 6. The molecule has 0 saturated heterocycles. The Morgan fingerprint density at radius 1 is 0.230 bits per heavy atom. The van der Waals surface area contributed by atoms with Crippen molar-refractivity contribution in [1.82, 2.24) is 29.9 Å². The Hall–Kier alpha value is -9.92. The molecule has 9 aromatic carbocycles. The molecule has 13 aromatic rings. The number of fused-ring (bicyclic) bond motifs is 2. The smallest absolute Gasteiger partial charge is 0.164 e. The van der Waals surface area contributed by atoms with Crippen LogP contribution in [0.1, 0.15) is 45.2 Å². The van der Waals surface area contributed by atoms with Crippen molar-refractivity contribution in [3.8, 4) is 91.0 Å². The molecule has 0 N–H and O–H groups in total. The lowest BCUT2D eigenvalue weighted by molar-refractivity contribution is 0.631. The highest BCUT2D eigenvalue weighted by atomic mass is 16.3. The predicted octanol–water partition coefficient (Wildman–Crippen LogP) is 15.9. The minimum Gasteiger partial charge on any atom is -0.456 e. The standard InChI is InChI=1S/C66H40N6O2/c1-3-15-39(16-4-1)61-67-63(45-23-13-21-41(33-45)57-37-43-19-7-11-27-55(43)73-57)71-65(69-61)47-29-31-51-53(35-47)59-49-25-9-10-26-50(49)60(51)54-36-48(30-32-52(54)59)66-70-62(40-17-5-2-6-18-40)68-64(72-66)46-24-14-22-42(34-46)58-38-44-20-8-12-28-56(44)74-58/h1-38,59-60H. The fraction of sp³-hybridized carbons (Fsp3) is 0.0303. The Kier molecular flexibility index (Phi) is 9.53. The van der Waals surface area contributed by atoms with Gasteiger partial charge >= 0.3 is 0 Å². The summed E-state index contributed by atoms with van der Waals surface area (Å²) in [6.07, 6.45) is 0. The highest BCUT2D eigenvalue weighted by Crippen LogP contribution is 2.56. The van der Waals surface area contributed by atoms with Crippen molar-refractivity contribution in [2.45, 2.75) is 11.8 Å². The number of rotatable bonds is 8. The van der Waals surface area contributed by atoms with Crippen LogP contribution in [0.25, 0.3) is 113 Å². The van der Waals surface area contributed by atoms with Crippen molar-refractivity contribution in [1.29, 1.82) is 0 Å². The van der Waals surface area contributed by atoms with Gasteiger partial charge in [-0.1, -0.05) is 182 Å². The summed E-state index contributed by atoms with van der Waals surface area (Å²) >= 11 is 0. The van der Waals surface area contributed by atoms with Crippen molar-refractivity contribution in [2.75, 3.05) is 0 Å². The van der Waals surface area contributed by atoms with E-state index in [1.165, 1.54) is 33.4 Å². The van der Waals surface area contributed by atoms with Crippen LogP contribution >= 0.6 is 0 Å². The Balaban J connectivity index is 0.830. The Labute approximate surface area is 425 Å². The van der Waals surface area contributed by atoms with Gasteiger partial charge in [-0.2, -0.15) is 0 Å². The van der Waals surface area contributed by atoms with Crippen LogP contribution in [0.15, 0.2) is 239 Å². The number of hydrogen-bond acceptors (Lipinski definition) is 8. The topological polar surface area (TPSA) is 104 Å². The number of benzene rings is 9. The zero-order valence-corrected chi connectivity index (χ0v) is 39.6. The third-order valence-electron chi connectivity index (χ3n) is 14.5. The van der Waals surface area contributed by atoms with E-state index in [9.17, 15) is 0 Å². The molecule has 2 bridgehead atoms. The highest BCUT2D eigenvalue weighted by Gasteiger charge is 2.41. The van der Waals surface area contributed by atoms with Crippen molar-refractivity contribution >= 4 is 21.9 Å². The van der Waals surface area contributed by atoms with Gasteiger partial charge in [0.2, 0.25) is 0 Å². The molecule has 2 atom stereocenters. The van der Waals surface area contributed by atoms with Gasteiger partial charge in [-0.3, -0.25) is 0 Å². The van der Waals surface area contributed by atoms with Crippen molar-refractivity contribution < 1.29 is 8.83 Å². The lowest BCUT2D eigenvalue weighted by atomic mass is 9.61. The van der Waals surface area contributed by atoms with Crippen molar-refractivity contribution in [3.63, 3.8) is 0 Å². The fourth-order valence-electron chi connectivity index (χ4n) is 11.1. The second kappa shape index (κ2) is 16.9. The minimum atomic E-state index is -0.0135. The first-order valence-corrected chi connectivity index (χ1v) is 24.8. The maximum absolute atomic E-state index is 6.29. The first-order valence-electron chi connectivity index (χ1n) is 24.8. The molecule has 0 aliphatic heterocycles. The Morgan fingerprint density at radius 3 is 0.973 bits per heavy atom. The molecule has 346 valence electrons. The molecule has 0 amide bonds. The van der Waals surface area contributed by atoms with E-state index >= 15 is 0 Å². The fourth-order valence-corrected chi connectivity index (χ4v) is 11.1. The molecule has 74 heavy (non-hydrogen) atoms. The molecule has 2 unspecified atom stereocenters. The van der Waals surface area contributed by atoms with Crippen LogP contribution in [0, 0.1) is 0 Å². The third kappa shape index (κ3) is 7.06. The van der Waals surface area contributed by atoms with Crippen LogP contribution in [-0.2, 0) is 0 Å². The van der Waals surface area contributed by atoms with Crippen LogP contribution in [0.2, 0.25) is 0 Å². The summed E-state index contributed by atoms with van der Waals surface area (Å²) in [6.45, 7) is 0. The van der Waals surface area contributed by atoms with Crippen LogP contribution in [0.4, 0.5) is 0 Å². The molecule has 3 aliphatic carbocycles. The zero-order valence-electron chi connectivity index (χ0n) is 39.6.